The molecule has 0 aliphatic carbocycles. The first-order valence-electron chi connectivity index (χ1n) is 7.66. The topological polar surface area (TPSA) is 75.4 Å². The molecule has 0 spiro atoms. The highest BCUT2D eigenvalue weighted by molar-refractivity contribution is 5.79. The number of aryl methyl sites for hydroxylation is 1. The van der Waals surface area contributed by atoms with Crippen molar-refractivity contribution in [3.63, 3.8) is 0 Å². The molecular weight excluding hydrogens is 294 g/mol. The summed E-state index contributed by atoms with van der Waals surface area (Å²) in [6.45, 7) is 1.30. The molecule has 0 saturated carbocycles. The Morgan fingerprint density at radius 3 is 2.65 bits per heavy atom. The van der Waals surface area contributed by atoms with Crippen molar-refractivity contribution in [3.8, 4) is 0 Å². The molecule has 120 valence electrons. The van der Waals surface area contributed by atoms with Gasteiger partial charge >= 0.3 is 5.97 Å². The summed E-state index contributed by atoms with van der Waals surface area (Å²) >= 11 is 0. The number of likely N-dealkylation sites (tertiary alicyclic amines) is 1. The molecule has 2 heterocycles. The third-order valence-corrected chi connectivity index (χ3v) is 4.36. The fraction of sp³-hybridized carbons (Fsp3) is 0.353. The van der Waals surface area contributed by atoms with E-state index in [-0.39, 0.29) is 18.4 Å². The summed E-state index contributed by atoms with van der Waals surface area (Å²) in [5.74, 6) is -1.55. The van der Waals surface area contributed by atoms with Crippen molar-refractivity contribution in [2.24, 2.45) is 5.92 Å². The van der Waals surface area contributed by atoms with Crippen LogP contribution in [0.2, 0.25) is 0 Å². The average Bonchev–Trinajstić information content (AvgIpc) is 3.23. The van der Waals surface area contributed by atoms with E-state index in [4.69, 9.17) is 0 Å². The Labute approximate surface area is 134 Å². The van der Waals surface area contributed by atoms with Crippen LogP contribution >= 0.6 is 0 Å². The van der Waals surface area contributed by atoms with Gasteiger partial charge in [0.15, 0.2) is 0 Å². The van der Waals surface area contributed by atoms with Crippen molar-refractivity contribution < 1.29 is 14.7 Å². The number of imidazole rings is 1. The van der Waals surface area contributed by atoms with E-state index in [0.717, 1.165) is 5.56 Å². The molecule has 6 heteroatoms. The SMILES string of the molecule is O=C(O)[C@@H]1CN(C(=O)CCn2ccnc2)C[C@H]1c1ccccc1. The second-order valence-corrected chi connectivity index (χ2v) is 5.81. The van der Waals surface area contributed by atoms with Crippen molar-refractivity contribution >= 4 is 11.9 Å². The van der Waals surface area contributed by atoms with E-state index in [1.807, 2.05) is 41.1 Å². The summed E-state index contributed by atoms with van der Waals surface area (Å²) in [5.41, 5.74) is 0.977. The fourth-order valence-electron chi connectivity index (χ4n) is 3.10. The first kappa shape index (κ1) is 15.3. The normalized spacial score (nSPS) is 20.6. The highest BCUT2D eigenvalue weighted by Crippen LogP contribution is 2.33. The maximum absolute atomic E-state index is 12.4. The lowest BCUT2D eigenvalue weighted by Crippen LogP contribution is -2.30. The van der Waals surface area contributed by atoms with Gasteiger partial charge in [-0.25, -0.2) is 4.98 Å². The first-order valence-corrected chi connectivity index (χ1v) is 7.66. The lowest BCUT2D eigenvalue weighted by Gasteiger charge is -2.16. The number of carbonyl (C=O) groups is 2. The molecule has 0 radical (unpaired) electrons. The van der Waals surface area contributed by atoms with Crippen molar-refractivity contribution in [3.05, 3.63) is 54.6 Å². The highest BCUT2D eigenvalue weighted by Gasteiger charge is 2.40. The smallest absolute Gasteiger partial charge is 0.308 e. The van der Waals surface area contributed by atoms with E-state index in [1.54, 1.807) is 17.4 Å². The predicted octanol–water partition coefficient (Wildman–Crippen LogP) is 1.60. The minimum absolute atomic E-state index is 0.0108. The van der Waals surface area contributed by atoms with Crippen LogP contribution < -0.4 is 0 Å². The van der Waals surface area contributed by atoms with Gasteiger partial charge in [0.1, 0.15) is 0 Å². The molecule has 1 amide bonds. The largest absolute Gasteiger partial charge is 0.481 e. The van der Waals surface area contributed by atoms with E-state index in [1.165, 1.54) is 0 Å². The average molecular weight is 313 g/mol. The van der Waals surface area contributed by atoms with Crippen LogP contribution in [0.3, 0.4) is 0 Å². The molecule has 2 atom stereocenters. The number of amides is 1. The zero-order valence-electron chi connectivity index (χ0n) is 12.7. The molecular formula is C17H19N3O3. The van der Waals surface area contributed by atoms with Gasteiger partial charge in [-0.15, -0.1) is 0 Å². The quantitative estimate of drug-likeness (QED) is 0.910. The summed E-state index contributed by atoms with van der Waals surface area (Å²) in [4.78, 5) is 29.6. The fourth-order valence-corrected chi connectivity index (χ4v) is 3.10. The molecule has 1 aromatic carbocycles. The molecule has 2 aromatic rings. The molecule has 1 aromatic heterocycles. The highest BCUT2D eigenvalue weighted by atomic mass is 16.4. The van der Waals surface area contributed by atoms with Gasteiger partial charge in [-0.3, -0.25) is 9.59 Å². The number of aliphatic carboxylic acids is 1. The Morgan fingerprint density at radius 1 is 1.22 bits per heavy atom. The first-order chi connectivity index (χ1) is 11.1. The summed E-state index contributed by atoms with van der Waals surface area (Å²) in [6, 6.07) is 9.57. The number of carboxylic acids is 1. The molecule has 6 nitrogen and oxygen atoms in total. The number of carboxylic acid groups (broad SMARTS) is 1. The molecule has 3 rings (SSSR count). The van der Waals surface area contributed by atoms with Gasteiger partial charge in [-0.2, -0.15) is 0 Å². The summed E-state index contributed by atoms with van der Waals surface area (Å²) < 4.78 is 1.84. The number of hydrogen-bond acceptors (Lipinski definition) is 3. The van der Waals surface area contributed by atoms with Gasteiger partial charge in [-0.05, 0) is 5.56 Å². The Balaban J connectivity index is 1.67. The van der Waals surface area contributed by atoms with E-state index < -0.39 is 11.9 Å². The van der Waals surface area contributed by atoms with Gasteiger partial charge in [0.25, 0.3) is 0 Å². The summed E-state index contributed by atoms with van der Waals surface area (Å²) in [7, 11) is 0. The van der Waals surface area contributed by atoms with Crippen LogP contribution in [0.15, 0.2) is 49.1 Å². The van der Waals surface area contributed by atoms with E-state index in [2.05, 4.69) is 4.98 Å². The van der Waals surface area contributed by atoms with Crippen LogP contribution in [0.4, 0.5) is 0 Å². The van der Waals surface area contributed by atoms with Crippen molar-refractivity contribution in [2.45, 2.75) is 18.9 Å². The minimum Gasteiger partial charge on any atom is -0.481 e. The van der Waals surface area contributed by atoms with Crippen molar-refractivity contribution in [1.29, 1.82) is 0 Å². The van der Waals surface area contributed by atoms with Crippen LogP contribution in [0.1, 0.15) is 17.9 Å². The molecule has 23 heavy (non-hydrogen) atoms. The van der Waals surface area contributed by atoms with Crippen molar-refractivity contribution in [1.82, 2.24) is 14.5 Å². The van der Waals surface area contributed by atoms with Gasteiger partial charge in [-0.1, -0.05) is 30.3 Å². The van der Waals surface area contributed by atoms with Crippen LogP contribution in [-0.2, 0) is 16.1 Å². The number of nitrogens with zero attached hydrogens (tertiary/aromatic N) is 3. The Bertz CT molecular complexity index is 670. The molecule has 0 bridgehead atoms. The zero-order chi connectivity index (χ0) is 16.2. The summed E-state index contributed by atoms with van der Waals surface area (Å²) in [5, 5.41) is 9.47. The minimum atomic E-state index is -0.844. The standard InChI is InChI=1S/C17H19N3O3/c21-16(6-8-19-9-7-18-12-19)20-10-14(15(11-20)17(22)23)13-4-2-1-3-5-13/h1-5,7,9,12,14-15H,6,8,10-11H2,(H,22,23)/t14-,15+/m0/s1. The van der Waals surface area contributed by atoms with Crippen LogP contribution in [-0.4, -0.2) is 44.5 Å². The van der Waals surface area contributed by atoms with Gasteiger partial charge in [0.2, 0.25) is 5.91 Å². The zero-order valence-corrected chi connectivity index (χ0v) is 12.7. The number of hydrogen-bond donors (Lipinski definition) is 1. The van der Waals surface area contributed by atoms with E-state index >= 15 is 0 Å². The number of carbonyl (C=O) groups excluding carboxylic acids is 1. The Morgan fingerprint density at radius 2 is 2.00 bits per heavy atom. The van der Waals surface area contributed by atoms with Gasteiger partial charge in [0, 0.05) is 44.4 Å². The second-order valence-electron chi connectivity index (χ2n) is 5.81. The summed E-state index contributed by atoms with van der Waals surface area (Å²) in [6.07, 6.45) is 5.50. The Kier molecular flexibility index (Phi) is 4.41. The van der Waals surface area contributed by atoms with Crippen molar-refractivity contribution in [2.75, 3.05) is 13.1 Å². The van der Waals surface area contributed by atoms with E-state index in [0.29, 0.717) is 19.5 Å². The maximum atomic E-state index is 12.4. The third-order valence-electron chi connectivity index (χ3n) is 4.36. The molecule has 1 aliphatic heterocycles. The maximum Gasteiger partial charge on any atom is 0.308 e. The Hall–Kier alpha value is -2.63. The molecule has 1 fully saturated rings. The van der Waals surface area contributed by atoms with Crippen LogP contribution in [0.25, 0.3) is 0 Å². The second kappa shape index (κ2) is 6.64. The van der Waals surface area contributed by atoms with Crippen LogP contribution in [0, 0.1) is 5.92 Å². The predicted molar refractivity (Wildman–Crippen MR) is 83.7 cm³/mol. The van der Waals surface area contributed by atoms with Gasteiger partial charge < -0.3 is 14.6 Å². The lowest BCUT2D eigenvalue weighted by molar-refractivity contribution is -0.141. The number of aromatic nitrogens is 2. The molecule has 1 aliphatic rings. The molecule has 0 unspecified atom stereocenters. The monoisotopic (exact) mass is 313 g/mol. The lowest BCUT2D eigenvalue weighted by atomic mass is 9.89. The molecule has 1 N–H and O–H groups in total. The number of rotatable bonds is 5. The van der Waals surface area contributed by atoms with Crippen LogP contribution in [0.5, 0.6) is 0 Å². The number of benzene rings is 1. The van der Waals surface area contributed by atoms with Gasteiger partial charge in [0.05, 0.1) is 12.2 Å². The van der Waals surface area contributed by atoms with E-state index in [9.17, 15) is 14.7 Å². The molecule has 1 saturated heterocycles. The third kappa shape index (κ3) is 3.41.